The van der Waals surface area contributed by atoms with Gasteiger partial charge in [0.15, 0.2) is 11.5 Å². The number of esters is 1. The number of cyclic esters (lactones) is 1. The number of carbonyl (C=O) groups excluding carboxylic acids is 2. The minimum atomic E-state index is -0.519. The maximum Gasteiger partial charge on any atom is 0.306 e. The molecule has 1 fully saturated rings. The Hall–Kier alpha value is -2.24. The minimum Gasteiger partial charge on any atom is -0.493 e. The largest absolute Gasteiger partial charge is 0.493 e. The number of hydrogen-bond acceptors (Lipinski definition) is 5. The number of carbonyl (C=O) groups is 2. The lowest BCUT2D eigenvalue weighted by molar-refractivity contribution is -0.157. The van der Waals surface area contributed by atoms with Crippen LogP contribution in [0.2, 0.25) is 0 Å². The molecule has 1 aliphatic heterocycles. The Bertz CT molecular complexity index is 543. The normalized spacial score (nSPS) is 21.4. The van der Waals surface area contributed by atoms with E-state index in [0.717, 1.165) is 5.56 Å². The van der Waals surface area contributed by atoms with Gasteiger partial charge >= 0.3 is 5.97 Å². The molecule has 0 aliphatic carbocycles. The van der Waals surface area contributed by atoms with Gasteiger partial charge in [-0.1, -0.05) is 6.07 Å². The highest BCUT2D eigenvalue weighted by Crippen LogP contribution is 2.35. The molecule has 0 saturated carbocycles. The Labute approximate surface area is 123 Å². The average Bonchev–Trinajstić information content (AvgIpc) is 2.48. The summed E-state index contributed by atoms with van der Waals surface area (Å²) in [6, 6.07) is 5.08. The molecule has 0 spiro atoms. The van der Waals surface area contributed by atoms with Crippen LogP contribution in [0.5, 0.6) is 11.5 Å². The van der Waals surface area contributed by atoms with E-state index in [9.17, 15) is 9.59 Å². The standard InChI is InChI=1S/C15H19NO5/c1-9(17)16-11-5-7-14(18)21-15(11)10-4-6-12(19-2)13(8-10)20-3/h4,6,8,11,15H,5,7H2,1-3H3,(H,16,17). The Balaban J connectivity index is 2.31. The van der Waals surface area contributed by atoms with Crippen LogP contribution in [0, 0.1) is 0 Å². The molecule has 21 heavy (non-hydrogen) atoms. The monoisotopic (exact) mass is 293 g/mol. The van der Waals surface area contributed by atoms with Crippen LogP contribution in [0.25, 0.3) is 0 Å². The van der Waals surface area contributed by atoms with Crippen molar-refractivity contribution in [3.8, 4) is 11.5 Å². The highest BCUT2D eigenvalue weighted by Gasteiger charge is 2.33. The number of rotatable bonds is 4. The lowest BCUT2D eigenvalue weighted by atomic mass is 9.95. The number of benzene rings is 1. The molecule has 1 aromatic carbocycles. The number of nitrogens with one attached hydrogen (secondary N) is 1. The second kappa shape index (κ2) is 6.47. The maximum absolute atomic E-state index is 11.6. The third-order valence-corrected chi connectivity index (χ3v) is 3.41. The molecule has 6 heteroatoms. The van der Waals surface area contributed by atoms with Crippen molar-refractivity contribution in [3.63, 3.8) is 0 Å². The SMILES string of the molecule is COc1ccc(C2OC(=O)CCC2NC(C)=O)cc1OC. The van der Waals surface area contributed by atoms with Crippen molar-refractivity contribution in [2.45, 2.75) is 31.9 Å². The van der Waals surface area contributed by atoms with E-state index in [2.05, 4.69) is 5.32 Å². The smallest absolute Gasteiger partial charge is 0.306 e. The number of methoxy groups -OCH3 is 2. The summed E-state index contributed by atoms with van der Waals surface area (Å²) in [6.07, 6.45) is 0.335. The molecule has 1 aromatic rings. The summed E-state index contributed by atoms with van der Waals surface area (Å²) < 4.78 is 15.9. The molecule has 1 N–H and O–H groups in total. The van der Waals surface area contributed by atoms with Gasteiger partial charge in [0, 0.05) is 13.3 Å². The molecule has 1 heterocycles. The van der Waals surface area contributed by atoms with Gasteiger partial charge in [-0.15, -0.1) is 0 Å². The lowest BCUT2D eigenvalue weighted by Gasteiger charge is -2.32. The molecule has 1 aliphatic rings. The fraction of sp³-hybridized carbons (Fsp3) is 0.467. The molecule has 2 atom stereocenters. The van der Waals surface area contributed by atoms with E-state index in [0.29, 0.717) is 24.3 Å². The molecule has 1 saturated heterocycles. The second-order valence-electron chi connectivity index (χ2n) is 4.87. The third-order valence-electron chi connectivity index (χ3n) is 3.41. The molecule has 2 rings (SSSR count). The molecule has 114 valence electrons. The predicted molar refractivity (Wildman–Crippen MR) is 75.2 cm³/mol. The van der Waals surface area contributed by atoms with E-state index < -0.39 is 6.10 Å². The average molecular weight is 293 g/mol. The number of amides is 1. The van der Waals surface area contributed by atoms with E-state index in [4.69, 9.17) is 14.2 Å². The Morgan fingerprint density at radius 3 is 2.62 bits per heavy atom. The zero-order chi connectivity index (χ0) is 15.4. The van der Waals surface area contributed by atoms with E-state index in [1.165, 1.54) is 6.92 Å². The first kappa shape index (κ1) is 15.2. The first-order valence-electron chi connectivity index (χ1n) is 6.73. The van der Waals surface area contributed by atoms with Crippen LogP contribution in [-0.2, 0) is 14.3 Å². The first-order chi connectivity index (χ1) is 10.0. The van der Waals surface area contributed by atoms with E-state index in [1.807, 2.05) is 0 Å². The fourth-order valence-corrected chi connectivity index (χ4v) is 2.45. The van der Waals surface area contributed by atoms with Gasteiger partial charge in [-0.3, -0.25) is 9.59 Å². The second-order valence-corrected chi connectivity index (χ2v) is 4.87. The van der Waals surface area contributed by atoms with Crippen LogP contribution in [0.4, 0.5) is 0 Å². The summed E-state index contributed by atoms with van der Waals surface area (Å²) in [6.45, 7) is 1.45. The van der Waals surface area contributed by atoms with Crippen LogP contribution in [0.15, 0.2) is 18.2 Å². The van der Waals surface area contributed by atoms with Gasteiger partial charge in [0.05, 0.1) is 20.3 Å². The molecular weight excluding hydrogens is 274 g/mol. The predicted octanol–water partition coefficient (Wildman–Crippen LogP) is 1.59. The Morgan fingerprint density at radius 2 is 2.00 bits per heavy atom. The maximum atomic E-state index is 11.6. The van der Waals surface area contributed by atoms with Gasteiger partial charge in [-0.2, -0.15) is 0 Å². The summed E-state index contributed by atoms with van der Waals surface area (Å²) >= 11 is 0. The molecular formula is C15H19NO5. The van der Waals surface area contributed by atoms with Crippen molar-refractivity contribution in [3.05, 3.63) is 23.8 Å². The van der Waals surface area contributed by atoms with Crippen molar-refractivity contribution in [2.75, 3.05) is 14.2 Å². The number of hydrogen-bond donors (Lipinski definition) is 1. The van der Waals surface area contributed by atoms with E-state index in [-0.39, 0.29) is 17.9 Å². The van der Waals surface area contributed by atoms with Gasteiger partial charge < -0.3 is 19.5 Å². The zero-order valence-corrected chi connectivity index (χ0v) is 12.3. The van der Waals surface area contributed by atoms with Crippen LogP contribution in [0.1, 0.15) is 31.4 Å². The highest BCUT2D eigenvalue weighted by atomic mass is 16.5. The van der Waals surface area contributed by atoms with Crippen LogP contribution >= 0.6 is 0 Å². The summed E-state index contributed by atoms with van der Waals surface area (Å²) in [5, 5.41) is 2.83. The fourth-order valence-electron chi connectivity index (χ4n) is 2.45. The first-order valence-corrected chi connectivity index (χ1v) is 6.73. The van der Waals surface area contributed by atoms with Gasteiger partial charge in [-0.25, -0.2) is 0 Å². The molecule has 1 amide bonds. The van der Waals surface area contributed by atoms with Crippen LogP contribution < -0.4 is 14.8 Å². The molecule has 0 bridgehead atoms. The Morgan fingerprint density at radius 1 is 1.29 bits per heavy atom. The molecule has 2 unspecified atom stereocenters. The van der Waals surface area contributed by atoms with Crippen LogP contribution in [0.3, 0.4) is 0 Å². The summed E-state index contributed by atoms with van der Waals surface area (Å²) in [7, 11) is 3.10. The van der Waals surface area contributed by atoms with Crippen molar-refractivity contribution in [1.82, 2.24) is 5.32 Å². The van der Waals surface area contributed by atoms with Crippen LogP contribution in [-0.4, -0.2) is 32.1 Å². The third kappa shape index (κ3) is 3.45. The number of ether oxygens (including phenoxy) is 3. The minimum absolute atomic E-state index is 0.150. The highest BCUT2D eigenvalue weighted by molar-refractivity contribution is 5.75. The molecule has 6 nitrogen and oxygen atoms in total. The van der Waals surface area contributed by atoms with E-state index >= 15 is 0 Å². The zero-order valence-electron chi connectivity index (χ0n) is 12.3. The van der Waals surface area contributed by atoms with Crippen molar-refractivity contribution < 1.29 is 23.8 Å². The Kier molecular flexibility index (Phi) is 4.67. The van der Waals surface area contributed by atoms with Crippen molar-refractivity contribution in [2.24, 2.45) is 0 Å². The molecule has 0 radical (unpaired) electrons. The summed E-state index contributed by atoms with van der Waals surface area (Å²) in [5.74, 6) is 0.734. The van der Waals surface area contributed by atoms with Gasteiger partial charge in [0.1, 0.15) is 6.10 Å². The lowest BCUT2D eigenvalue weighted by Crippen LogP contribution is -2.43. The van der Waals surface area contributed by atoms with Gasteiger partial charge in [-0.05, 0) is 24.1 Å². The summed E-state index contributed by atoms with van der Waals surface area (Å²) in [5.41, 5.74) is 0.763. The molecule has 0 aromatic heterocycles. The quantitative estimate of drug-likeness (QED) is 0.853. The van der Waals surface area contributed by atoms with Crippen molar-refractivity contribution >= 4 is 11.9 Å². The van der Waals surface area contributed by atoms with Crippen molar-refractivity contribution in [1.29, 1.82) is 0 Å². The topological polar surface area (TPSA) is 73.9 Å². The van der Waals surface area contributed by atoms with E-state index in [1.54, 1.807) is 32.4 Å². The summed E-state index contributed by atoms with van der Waals surface area (Å²) in [4.78, 5) is 22.9. The van der Waals surface area contributed by atoms with Gasteiger partial charge in [0.2, 0.25) is 5.91 Å². The van der Waals surface area contributed by atoms with Gasteiger partial charge in [0.25, 0.3) is 0 Å².